The van der Waals surface area contributed by atoms with E-state index in [1.54, 1.807) is 6.07 Å². The minimum atomic E-state index is -0.483. The molecule has 3 aromatic rings. The van der Waals surface area contributed by atoms with Crippen LogP contribution in [-0.4, -0.2) is 39.3 Å². The molecule has 1 saturated heterocycles. The minimum absolute atomic E-state index is 0. The molecule has 0 bridgehead atoms. The number of aliphatic hydroxyl groups is 1. The maximum Gasteiger partial charge on any atom is 0.241 e. The molecule has 0 spiro atoms. The zero-order valence-electron chi connectivity index (χ0n) is 17.6. The topological polar surface area (TPSA) is 79.2 Å². The summed E-state index contributed by atoms with van der Waals surface area (Å²) >= 11 is 0. The van der Waals surface area contributed by atoms with Gasteiger partial charge in [0.1, 0.15) is 11.6 Å². The number of β-amino-alcohol motifs (C(OH)–C–C–N with tert-alkyl or cyclic N) is 1. The van der Waals surface area contributed by atoms with Crippen LogP contribution in [0, 0.1) is 12.7 Å². The molecule has 1 aromatic heterocycles. The predicted octanol–water partition coefficient (Wildman–Crippen LogP) is 4.24. The number of rotatable bonds is 4. The third kappa shape index (κ3) is 5.01. The van der Waals surface area contributed by atoms with Crippen LogP contribution < -0.4 is 10.6 Å². The zero-order chi connectivity index (χ0) is 20.7. The maximum absolute atomic E-state index is 13.8. The van der Waals surface area contributed by atoms with Crippen LogP contribution in [0.5, 0.6) is 0 Å². The van der Waals surface area contributed by atoms with Gasteiger partial charge >= 0.3 is 0 Å². The molecule has 9 heteroatoms. The van der Waals surface area contributed by atoms with Crippen molar-refractivity contribution >= 4 is 47.4 Å². The van der Waals surface area contributed by atoms with Gasteiger partial charge in [-0.1, -0.05) is 0 Å². The van der Waals surface area contributed by atoms with Gasteiger partial charge in [0.25, 0.3) is 0 Å². The summed E-state index contributed by atoms with van der Waals surface area (Å²) in [6.45, 7) is 6.44. The van der Waals surface area contributed by atoms with Gasteiger partial charge in [0.2, 0.25) is 5.91 Å². The second kappa shape index (κ2) is 9.96. The van der Waals surface area contributed by atoms with Crippen LogP contribution >= 0.6 is 24.8 Å². The largest absolute Gasteiger partial charge is 0.392 e. The number of anilines is 1. The SMILES string of the molecule is Cc1cc(-c2nc3ccc(F)cc3n2C(C)C)ccc1NC(=O)C1CC(O)CN1.Cl.Cl. The first-order valence-corrected chi connectivity index (χ1v) is 9.84. The molecule has 3 N–H and O–H groups in total. The fraction of sp³-hybridized carbons (Fsp3) is 0.364. The van der Waals surface area contributed by atoms with Gasteiger partial charge < -0.3 is 20.3 Å². The van der Waals surface area contributed by atoms with Gasteiger partial charge in [-0.05, 0) is 69.2 Å². The summed E-state index contributed by atoms with van der Waals surface area (Å²) in [6.07, 6.45) is -0.0686. The number of nitrogens with one attached hydrogen (secondary N) is 2. The summed E-state index contributed by atoms with van der Waals surface area (Å²) in [5, 5.41) is 15.6. The molecule has 0 saturated carbocycles. The highest BCUT2D eigenvalue weighted by Gasteiger charge is 2.28. The van der Waals surface area contributed by atoms with Crippen molar-refractivity contribution in [2.24, 2.45) is 0 Å². The summed E-state index contributed by atoms with van der Waals surface area (Å²) in [4.78, 5) is 17.1. The van der Waals surface area contributed by atoms with Crippen LogP contribution in [0.15, 0.2) is 36.4 Å². The number of nitrogens with zero attached hydrogens (tertiary/aromatic N) is 2. The number of hydrogen-bond donors (Lipinski definition) is 3. The van der Waals surface area contributed by atoms with Gasteiger partial charge in [0, 0.05) is 23.8 Å². The van der Waals surface area contributed by atoms with Crippen molar-refractivity contribution in [2.75, 3.05) is 11.9 Å². The highest BCUT2D eigenvalue weighted by atomic mass is 35.5. The normalized spacial score (nSPS) is 18.0. The van der Waals surface area contributed by atoms with E-state index in [1.807, 2.05) is 43.5 Å². The fourth-order valence-corrected chi connectivity index (χ4v) is 3.87. The average Bonchev–Trinajstić information content (AvgIpc) is 3.26. The summed E-state index contributed by atoms with van der Waals surface area (Å²) in [5.74, 6) is 0.329. The van der Waals surface area contributed by atoms with Gasteiger partial charge in [-0.25, -0.2) is 9.37 Å². The van der Waals surface area contributed by atoms with Gasteiger partial charge in [-0.2, -0.15) is 0 Å². The Bertz CT molecular complexity index is 1090. The van der Waals surface area contributed by atoms with Crippen molar-refractivity contribution in [3.63, 3.8) is 0 Å². The number of hydrogen-bond acceptors (Lipinski definition) is 4. The monoisotopic (exact) mass is 468 g/mol. The van der Waals surface area contributed by atoms with Crippen LogP contribution in [0.4, 0.5) is 10.1 Å². The second-order valence-electron chi connectivity index (χ2n) is 7.90. The van der Waals surface area contributed by atoms with E-state index in [1.165, 1.54) is 12.1 Å². The van der Waals surface area contributed by atoms with Crippen molar-refractivity contribution < 1.29 is 14.3 Å². The molecule has 0 radical (unpaired) electrons. The van der Waals surface area contributed by atoms with Crippen molar-refractivity contribution in [1.82, 2.24) is 14.9 Å². The smallest absolute Gasteiger partial charge is 0.241 e. The molecule has 2 heterocycles. The van der Waals surface area contributed by atoms with E-state index in [0.717, 1.165) is 33.7 Å². The Balaban J connectivity index is 0.00000171. The third-order valence-corrected chi connectivity index (χ3v) is 5.33. The molecule has 1 amide bonds. The summed E-state index contributed by atoms with van der Waals surface area (Å²) in [5.41, 5.74) is 4.04. The maximum atomic E-state index is 13.8. The Morgan fingerprint density at radius 2 is 2.00 bits per heavy atom. The molecular formula is C22H27Cl2FN4O2. The number of aromatic nitrogens is 2. The number of aryl methyl sites for hydroxylation is 1. The van der Waals surface area contributed by atoms with Crippen molar-refractivity contribution in [3.05, 3.63) is 47.8 Å². The Labute approximate surface area is 193 Å². The Morgan fingerprint density at radius 1 is 1.26 bits per heavy atom. The highest BCUT2D eigenvalue weighted by Crippen LogP contribution is 2.31. The van der Waals surface area contributed by atoms with E-state index in [9.17, 15) is 14.3 Å². The summed E-state index contributed by atoms with van der Waals surface area (Å²) in [6, 6.07) is 10.1. The number of amides is 1. The number of benzene rings is 2. The van der Waals surface area contributed by atoms with Crippen LogP contribution in [0.1, 0.15) is 31.9 Å². The molecule has 1 fully saturated rings. The highest BCUT2D eigenvalue weighted by molar-refractivity contribution is 5.96. The standard InChI is InChI=1S/C22H25FN4O2.2ClH/c1-12(2)27-20-9-15(23)5-7-18(20)25-21(27)14-4-6-17(13(3)8-14)26-22(29)19-10-16(28)11-24-19;;/h4-9,12,16,19,24,28H,10-11H2,1-3H3,(H,26,29);2*1H. The van der Waals surface area contributed by atoms with Crippen molar-refractivity contribution in [3.8, 4) is 11.4 Å². The van der Waals surface area contributed by atoms with Gasteiger partial charge in [0.05, 0.1) is 23.2 Å². The van der Waals surface area contributed by atoms with Crippen LogP contribution in [0.3, 0.4) is 0 Å². The molecule has 0 aliphatic carbocycles. The molecule has 168 valence electrons. The first-order chi connectivity index (χ1) is 13.8. The lowest BCUT2D eigenvalue weighted by molar-refractivity contribution is -0.117. The molecule has 4 rings (SSSR count). The van der Waals surface area contributed by atoms with Crippen molar-refractivity contribution in [2.45, 2.75) is 45.4 Å². The van der Waals surface area contributed by atoms with Crippen LogP contribution in [0.25, 0.3) is 22.4 Å². The number of carbonyl (C=O) groups excluding carboxylic acids is 1. The van der Waals surface area contributed by atoms with Crippen molar-refractivity contribution in [1.29, 1.82) is 0 Å². The number of aliphatic hydroxyl groups excluding tert-OH is 1. The van der Waals surface area contributed by atoms with Crippen LogP contribution in [-0.2, 0) is 4.79 Å². The third-order valence-electron chi connectivity index (χ3n) is 5.33. The molecule has 1 aliphatic heterocycles. The number of imidazole rings is 1. The molecule has 2 atom stereocenters. The first kappa shape index (κ1) is 25.1. The molecule has 2 aromatic carbocycles. The van der Waals surface area contributed by atoms with Gasteiger partial charge in [-0.3, -0.25) is 4.79 Å². The van der Waals surface area contributed by atoms with E-state index in [2.05, 4.69) is 10.6 Å². The minimum Gasteiger partial charge on any atom is -0.392 e. The number of halogens is 3. The fourth-order valence-electron chi connectivity index (χ4n) is 3.87. The predicted molar refractivity (Wildman–Crippen MR) is 126 cm³/mol. The first-order valence-electron chi connectivity index (χ1n) is 9.84. The lowest BCUT2D eigenvalue weighted by atomic mass is 10.1. The molecule has 1 aliphatic rings. The number of fused-ring (bicyclic) bond motifs is 1. The van der Waals surface area contributed by atoms with Gasteiger partial charge in [-0.15, -0.1) is 24.8 Å². The van der Waals surface area contributed by atoms with Crippen LogP contribution in [0.2, 0.25) is 0 Å². The molecule has 31 heavy (non-hydrogen) atoms. The summed E-state index contributed by atoms with van der Waals surface area (Å²) < 4.78 is 15.8. The molecule has 2 unspecified atom stereocenters. The quantitative estimate of drug-likeness (QED) is 0.534. The Morgan fingerprint density at radius 3 is 2.61 bits per heavy atom. The Hall–Kier alpha value is -2.19. The van der Waals surface area contributed by atoms with E-state index in [-0.39, 0.29) is 48.6 Å². The number of carbonyl (C=O) groups is 1. The van der Waals surface area contributed by atoms with E-state index in [0.29, 0.717) is 13.0 Å². The lowest BCUT2D eigenvalue weighted by Crippen LogP contribution is -2.35. The average molecular weight is 469 g/mol. The van der Waals surface area contributed by atoms with E-state index < -0.39 is 6.10 Å². The Kier molecular flexibility index (Phi) is 8.05. The second-order valence-corrected chi connectivity index (χ2v) is 7.90. The molecular weight excluding hydrogens is 442 g/mol. The molecule has 6 nitrogen and oxygen atoms in total. The summed E-state index contributed by atoms with van der Waals surface area (Å²) in [7, 11) is 0. The zero-order valence-corrected chi connectivity index (χ0v) is 19.2. The lowest BCUT2D eigenvalue weighted by Gasteiger charge is -2.16. The van der Waals surface area contributed by atoms with E-state index in [4.69, 9.17) is 4.98 Å². The van der Waals surface area contributed by atoms with Gasteiger partial charge in [0.15, 0.2) is 0 Å². The van der Waals surface area contributed by atoms with E-state index >= 15 is 0 Å².